The lowest BCUT2D eigenvalue weighted by molar-refractivity contribution is 0.597. The van der Waals surface area contributed by atoms with E-state index in [1.165, 1.54) is 11.6 Å². The van der Waals surface area contributed by atoms with Gasteiger partial charge in [-0.1, -0.05) is 49.4 Å². The van der Waals surface area contributed by atoms with Crippen LogP contribution in [0.3, 0.4) is 0 Å². The topological polar surface area (TPSA) is 96.6 Å². The monoisotopic (exact) mass is 502 g/mol. The van der Waals surface area contributed by atoms with Crippen LogP contribution in [0.1, 0.15) is 30.9 Å². The lowest BCUT2D eigenvalue weighted by atomic mass is 10.0. The molecule has 0 heterocycles. The Hall–Kier alpha value is -1.65. The molecule has 148 valence electrons. The zero-order chi connectivity index (χ0) is 19.0. The summed E-state index contributed by atoms with van der Waals surface area (Å²) < 4.78 is 22.9. The van der Waals surface area contributed by atoms with Gasteiger partial charge >= 0.3 is 0 Å². The minimum Gasteiger partial charge on any atom is -0.357 e. The van der Waals surface area contributed by atoms with E-state index >= 15 is 0 Å². The third-order valence-corrected chi connectivity index (χ3v) is 4.85. The second kappa shape index (κ2) is 11.3. The van der Waals surface area contributed by atoms with Crippen molar-refractivity contribution in [2.24, 2.45) is 10.1 Å². The number of guanidine groups is 1. The van der Waals surface area contributed by atoms with E-state index in [9.17, 15) is 8.42 Å². The largest absolute Gasteiger partial charge is 0.357 e. The molecule has 0 aromatic heterocycles. The number of benzene rings is 2. The molecule has 0 saturated carbocycles. The summed E-state index contributed by atoms with van der Waals surface area (Å²) in [7, 11) is -3.71. The average Bonchev–Trinajstić information content (AvgIpc) is 2.64. The number of nitrogens with two attached hydrogens (primary N) is 1. The minimum atomic E-state index is -3.71. The Bertz CT molecular complexity index is 842. The third-order valence-electron chi connectivity index (χ3n) is 3.94. The Morgan fingerprint density at radius 1 is 1.11 bits per heavy atom. The molecule has 27 heavy (non-hydrogen) atoms. The number of hydrogen-bond acceptors (Lipinski definition) is 3. The maximum Gasteiger partial charge on any atom is 0.238 e. The van der Waals surface area contributed by atoms with Crippen molar-refractivity contribution < 1.29 is 8.42 Å². The van der Waals surface area contributed by atoms with Gasteiger partial charge in [-0.3, -0.25) is 0 Å². The van der Waals surface area contributed by atoms with E-state index < -0.39 is 10.0 Å². The minimum absolute atomic E-state index is 0. The summed E-state index contributed by atoms with van der Waals surface area (Å²) >= 11 is 0. The van der Waals surface area contributed by atoms with E-state index in [1.807, 2.05) is 31.2 Å². The molecule has 8 heteroatoms. The lowest BCUT2D eigenvalue weighted by Gasteiger charge is -2.16. The number of hydrogen-bond donors (Lipinski definition) is 3. The molecule has 0 radical (unpaired) electrons. The Morgan fingerprint density at radius 2 is 1.81 bits per heavy atom. The van der Waals surface area contributed by atoms with Crippen LogP contribution < -0.4 is 15.8 Å². The predicted molar refractivity (Wildman–Crippen MR) is 121 cm³/mol. The molecular weight excluding hydrogens is 475 g/mol. The highest BCUT2D eigenvalue weighted by atomic mass is 127. The van der Waals surface area contributed by atoms with Gasteiger partial charge in [-0.2, -0.15) is 0 Å². The van der Waals surface area contributed by atoms with Crippen molar-refractivity contribution in [1.82, 2.24) is 10.6 Å². The fourth-order valence-corrected chi connectivity index (χ4v) is 3.07. The van der Waals surface area contributed by atoms with E-state index in [-0.39, 0.29) is 28.9 Å². The number of aliphatic imine (C=N–C) groups is 1. The molecule has 0 amide bonds. The number of halogens is 1. The number of primary sulfonamides is 1. The quantitative estimate of drug-likeness (QED) is 0.308. The summed E-state index contributed by atoms with van der Waals surface area (Å²) in [5.74, 6) is 1.03. The molecule has 2 rings (SSSR count). The van der Waals surface area contributed by atoms with Gasteiger partial charge in [0.15, 0.2) is 5.96 Å². The molecule has 2 aromatic carbocycles. The van der Waals surface area contributed by atoms with E-state index in [1.54, 1.807) is 12.1 Å². The Balaban J connectivity index is 0.00000364. The normalized spacial score (nSPS) is 12.8. The van der Waals surface area contributed by atoms with Gasteiger partial charge < -0.3 is 10.6 Å². The van der Waals surface area contributed by atoms with Gasteiger partial charge in [-0.15, -0.1) is 24.0 Å². The Labute approximate surface area is 178 Å². The highest BCUT2D eigenvalue weighted by molar-refractivity contribution is 14.0. The van der Waals surface area contributed by atoms with Gasteiger partial charge in [0.25, 0.3) is 0 Å². The highest BCUT2D eigenvalue weighted by Crippen LogP contribution is 2.13. The molecule has 0 spiro atoms. The first-order valence-electron chi connectivity index (χ1n) is 8.59. The zero-order valence-electron chi connectivity index (χ0n) is 15.6. The van der Waals surface area contributed by atoms with Crippen molar-refractivity contribution in [1.29, 1.82) is 0 Å². The second-order valence-corrected chi connectivity index (χ2v) is 7.64. The molecule has 0 aliphatic heterocycles. The van der Waals surface area contributed by atoms with Gasteiger partial charge in [-0.05, 0) is 36.1 Å². The van der Waals surface area contributed by atoms with Crippen molar-refractivity contribution in [3.63, 3.8) is 0 Å². The van der Waals surface area contributed by atoms with Crippen molar-refractivity contribution >= 4 is 40.0 Å². The molecule has 2 aromatic rings. The summed E-state index contributed by atoms with van der Waals surface area (Å²) in [6.45, 7) is 6.00. The van der Waals surface area contributed by atoms with Crippen LogP contribution >= 0.6 is 24.0 Å². The SMILES string of the molecule is CCNC(=NCc1cccc(S(N)(=O)=O)c1)NCC(C)c1ccccc1.I. The van der Waals surface area contributed by atoms with Crippen LogP contribution in [-0.4, -0.2) is 27.5 Å². The maximum atomic E-state index is 11.5. The van der Waals surface area contributed by atoms with Gasteiger partial charge in [0, 0.05) is 13.1 Å². The standard InChI is InChI=1S/C19H26N4O2S.HI/c1-3-21-19(22-13-15(2)17-9-5-4-6-10-17)23-14-16-8-7-11-18(12-16)26(20,24)25;/h4-12,15H,3,13-14H2,1-2H3,(H2,20,24,25)(H2,21,22,23);1H. The van der Waals surface area contributed by atoms with E-state index in [4.69, 9.17) is 5.14 Å². The van der Waals surface area contributed by atoms with Gasteiger partial charge in [-0.25, -0.2) is 18.5 Å². The molecule has 0 bridgehead atoms. The molecule has 0 fully saturated rings. The first-order valence-corrected chi connectivity index (χ1v) is 10.1. The smallest absolute Gasteiger partial charge is 0.238 e. The predicted octanol–water partition coefficient (Wildman–Crippen LogP) is 2.81. The number of rotatable bonds is 7. The van der Waals surface area contributed by atoms with E-state index in [2.05, 4.69) is 34.7 Å². The van der Waals surface area contributed by atoms with Crippen molar-refractivity contribution in [3.05, 3.63) is 65.7 Å². The molecule has 0 aliphatic rings. The summed E-state index contributed by atoms with van der Waals surface area (Å²) in [6.07, 6.45) is 0. The summed E-state index contributed by atoms with van der Waals surface area (Å²) in [6, 6.07) is 16.8. The molecular formula is C19H27IN4O2S. The first-order chi connectivity index (χ1) is 12.4. The second-order valence-electron chi connectivity index (χ2n) is 6.08. The van der Waals surface area contributed by atoms with Crippen LogP contribution in [0, 0.1) is 0 Å². The number of sulfonamides is 1. The zero-order valence-corrected chi connectivity index (χ0v) is 18.7. The molecule has 0 aliphatic carbocycles. The van der Waals surface area contributed by atoms with Crippen LogP contribution in [0.25, 0.3) is 0 Å². The fraction of sp³-hybridized carbons (Fsp3) is 0.316. The number of nitrogens with zero attached hydrogens (tertiary/aromatic N) is 1. The maximum absolute atomic E-state index is 11.5. The van der Waals surface area contributed by atoms with Crippen LogP contribution in [0.2, 0.25) is 0 Å². The molecule has 1 unspecified atom stereocenters. The van der Waals surface area contributed by atoms with Crippen molar-refractivity contribution in [3.8, 4) is 0 Å². The van der Waals surface area contributed by atoms with Crippen LogP contribution in [-0.2, 0) is 16.6 Å². The van der Waals surface area contributed by atoms with Gasteiger partial charge in [0.05, 0.1) is 11.4 Å². The van der Waals surface area contributed by atoms with Crippen LogP contribution in [0.5, 0.6) is 0 Å². The van der Waals surface area contributed by atoms with Gasteiger partial charge in [0.2, 0.25) is 10.0 Å². The summed E-state index contributed by atoms with van der Waals surface area (Å²) in [5.41, 5.74) is 2.04. The first kappa shape index (κ1) is 23.4. The molecule has 0 saturated heterocycles. The summed E-state index contributed by atoms with van der Waals surface area (Å²) in [5, 5.41) is 11.7. The molecule has 1 atom stereocenters. The fourth-order valence-electron chi connectivity index (χ4n) is 2.48. The van der Waals surface area contributed by atoms with Gasteiger partial charge in [0.1, 0.15) is 0 Å². The summed E-state index contributed by atoms with van der Waals surface area (Å²) in [4.78, 5) is 4.63. The van der Waals surface area contributed by atoms with E-state index in [0.717, 1.165) is 18.7 Å². The molecule has 6 nitrogen and oxygen atoms in total. The van der Waals surface area contributed by atoms with Crippen LogP contribution in [0.4, 0.5) is 0 Å². The molecule has 4 N–H and O–H groups in total. The number of nitrogens with one attached hydrogen (secondary N) is 2. The lowest BCUT2D eigenvalue weighted by Crippen LogP contribution is -2.39. The third kappa shape index (κ3) is 7.86. The van der Waals surface area contributed by atoms with Crippen molar-refractivity contribution in [2.75, 3.05) is 13.1 Å². The van der Waals surface area contributed by atoms with Crippen molar-refractivity contribution in [2.45, 2.75) is 31.2 Å². The Kier molecular flexibility index (Phi) is 9.75. The van der Waals surface area contributed by atoms with Crippen LogP contribution in [0.15, 0.2) is 64.5 Å². The highest BCUT2D eigenvalue weighted by Gasteiger charge is 2.08. The van der Waals surface area contributed by atoms with E-state index in [0.29, 0.717) is 18.4 Å². The average molecular weight is 502 g/mol. The Morgan fingerprint density at radius 3 is 2.44 bits per heavy atom.